The molecular weight excluding hydrogens is 303 g/mol. The molecule has 1 fully saturated rings. The number of rotatable bonds is 4. The number of ether oxygens (including phenoxy) is 2. The zero-order valence-corrected chi connectivity index (χ0v) is 12.7. The van der Waals surface area contributed by atoms with Crippen molar-refractivity contribution in [2.75, 3.05) is 19.0 Å². The fourth-order valence-electron chi connectivity index (χ4n) is 2.04. The van der Waals surface area contributed by atoms with Crippen molar-refractivity contribution in [3.05, 3.63) is 28.2 Å². The summed E-state index contributed by atoms with van der Waals surface area (Å²) >= 11 is 11.9. The van der Waals surface area contributed by atoms with Crippen molar-refractivity contribution in [1.82, 2.24) is 5.32 Å². The Balaban J connectivity index is 1.95. The van der Waals surface area contributed by atoms with Gasteiger partial charge in [-0.3, -0.25) is 10.1 Å². The maximum atomic E-state index is 11.4. The van der Waals surface area contributed by atoms with Gasteiger partial charge in [-0.15, -0.1) is 0 Å². The largest absolute Gasteiger partial charge is 0.468 e. The van der Waals surface area contributed by atoms with Crippen LogP contribution in [0.5, 0.6) is 0 Å². The molecule has 2 rings (SSSR count). The highest BCUT2D eigenvalue weighted by Gasteiger charge is 2.33. The molecule has 1 aliphatic rings. The van der Waals surface area contributed by atoms with E-state index in [-0.39, 0.29) is 18.2 Å². The van der Waals surface area contributed by atoms with Gasteiger partial charge in [0.2, 0.25) is 0 Å². The third kappa shape index (κ3) is 3.76. The van der Waals surface area contributed by atoms with Crippen molar-refractivity contribution in [2.24, 2.45) is 0 Å². The Morgan fingerprint density at radius 3 is 2.70 bits per heavy atom. The second-order valence-electron chi connectivity index (χ2n) is 4.59. The Labute approximate surface area is 127 Å². The van der Waals surface area contributed by atoms with Crippen LogP contribution in [0.4, 0.5) is 5.69 Å². The van der Waals surface area contributed by atoms with E-state index in [1.165, 1.54) is 7.11 Å². The molecule has 1 heterocycles. The van der Waals surface area contributed by atoms with E-state index in [4.69, 9.17) is 27.9 Å². The lowest BCUT2D eigenvalue weighted by Gasteiger charge is -2.22. The molecule has 0 radical (unpaired) electrons. The lowest BCUT2D eigenvalue weighted by atomic mass is 10.2. The fourth-order valence-corrected chi connectivity index (χ4v) is 2.56. The summed E-state index contributed by atoms with van der Waals surface area (Å²) in [5, 5.41) is 7.41. The van der Waals surface area contributed by atoms with Crippen molar-refractivity contribution >= 4 is 34.9 Å². The van der Waals surface area contributed by atoms with Gasteiger partial charge in [-0.1, -0.05) is 23.2 Å². The summed E-state index contributed by atoms with van der Waals surface area (Å²) in [6.45, 7) is 2.23. The molecule has 0 saturated carbocycles. The van der Waals surface area contributed by atoms with Crippen molar-refractivity contribution in [3.8, 4) is 0 Å². The van der Waals surface area contributed by atoms with Gasteiger partial charge in [0.15, 0.2) is 0 Å². The van der Waals surface area contributed by atoms with Gasteiger partial charge in [0.1, 0.15) is 12.3 Å². The first-order chi connectivity index (χ1) is 9.49. The van der Waals surface area contributed by atoms with Crippen LogP contribution >= 0.6 is 23.2 Å². The molecule has 110 valence electrons. The molecule has 1 aromatic carbocycles. The molecule has 20 heavy (non-hydrogen) atoms. The van der Waals surface area contributed by atoms with Crippen molar-refractivity contribution < 1.29 is 14.3 Å². The third-order valence-electron chi connectivity index (χ3n) is 3.00. The van der Waals surface area contributed by atoms with Crippen LogP contribution in [0.3, 0.4) is 0 Å². The van der Waals surface area contributed by atoms with Crippen molar-refractivity contribution in [2.45, 2.75) is 25.2 Å². The predicted octanol–water partition coefficient (Wildman–Crippen LogP) is 2.28. The molecule has 2 N–H and O–H groups in total. The molecule has 0 aromatic heterocycles. The molecule has 0 amide bonds. The quantitative estimate of drug-likeness (QED) is 0.834. The zero-order chi connectivity index (χ0) is 14.7. The second-order valence-corrected chi connectivity index (χ2v) is 5.46. The van der Waals surface area contributed by atoms with Crippen LogP contribution in [0.15, 0.2) is 18.2 Å². The second kappa shape index (κ2) is 6.63. The van der Waals surface area contributed by atoms with Crippen LogP contribution in [-0.2, 0) is 14.3 Å². The molecule has 7 heteroatoms. The Morgan fingerprint density at radius 1 is 1.45 bits per heavy atom. The lowest BCUT2D eigenvalue weighted by molar-refractivity contribution is -0.142. The first kappa shape index (κ1) is 15.4. The number of benzene rings is 1. The summed E-state index contributed by atoms with van der Waals surface area (Å²) in [6.07, 6.45) is -0.295. The van der Waals surface area contributed by atoms with E-state index in [0.717, 1.165) is 5.69 Å². The number of hydrogen-bond donors (Lipinski definition) is 2. The number of methoxy groups -OCH3 is 1. The minimum Gasteiger partial charge on any atom is -0.468 e. The van der Waals surface area contributed by atoms with E-state index >= 15 is 0 Å². The first-order valence-electron chi connectivity index (χ1n) is 6.17. The van der Waals surface area contributed by atoms with Gasteiger partial charge in [-0.05, 0) is 25.1 Å². The maximum Gasteiger partial charge on any atom is 0.325 e. The van der Waals surface area contributed by atoms with Crippen LogP contribution < -0.4 is 10.6 Å². The summed E-state index contributed by atoms with van der Waals surface area (Å²) in [4.78, 5) is 11.4. The van der Waals surface area contributed by atoms with E-state index in [1.807, 2.05) is 6.92 Å². The SMILES string of the molecule is COC(=O)C1COC([C@H](C)Nc2cc(Cl)cc(Cl)c2)N1. The van der Waals surface area contributed by atoms with Crippen LogP contribution in [0.1, 0.15) is 6.92 Å². The van der Waals surface area contributed by atoms with E-state index in [2.05, 4.69) is 15.4 Å². The minimum absolute atomic E-state index is 0.0702. The number of carbonyl (C=O) groups excluding carboxylic acids is 1. The summed E-state index contributed by atoms with van der Waals surface area (Å²) < 4.78 is 10.2. The summed E-state index contributed by atoms with van der Waals surface area (Å²) in [6, 6.07) is 4.71. The summed E-state index contributed by atoms with van der Waals surface area (Å²) in [5.74, 6) is -0.328. The van der Waals surface area contributed by atoms with E-state index in [0.29, 0.717) is 16.7 Å². The average molecular weight is 319 g/mol. The molecule has 2 unspecified atom stereocenters. The van der Waals surface area contributed by atoms with Gasteiger partial charge >= 0.3 is 5.97 Å². The normalized spacial score (nSPS) is 23.4. The maximum absolute atomic E-state index is 11.4. The molecular formula is C13H16Cl2N2O3. The van der Waals surface area contributed by atoms with Gasteiger partial charge in [0.05, 0.1) is 19.8 Å². The lowest BCUT2D eigenvalue weighted by Crippen LogP contribution is -2.44. The number of halogens is 2. The third-order valence-corrected chi connectivity index (χ3v) is 3.44. The topological polar surface area (TPSA) is 59.6 Å². The number of carbonyl (C=O) groups is 1. The minimum atomic E-state index is -0.433. The molecule has 1 aromatic rings. The Morgan fingerprint density at radius 2 is 2.10 bits per heavy atom. The predicted molar refractivity (Wildman–Crippen MR) is 78.2 cm³/mol. The Kier molecular flexibility index (Phi) is 5.10. The molecule has 5 nitrogen and oxygen atoms in total. The molecule has 0 aliphatic carbocycles. The average Bonchev–Trinajstić information content (AvgIpc) is 2.86. The van der Waals surface area contributed by atoms with Crippen LogP contribution in [-0.4, -0.2) is 38.0 Å². The van der Waals surface area contributed by atoms with Gasteiger partial charge in [0, 0.05) is 15.7 Å². The molecule has 3 atom stereocenters. The van der Waals surface area contributed by atoms with E-state index in [1.54, 1.807) is 18.2 Å². The summed E-state index contributed by atoms with van der Waals surface area (Å²) in [7, 11) is 1.35. The molecule has 1 saturated heterocycles. The van der Waals surface area contributed by atoms with Crippen molar-refractivity contribution in [1.29, 1.82) is 0 Å². The van der Waals surface area contributed by atoms with Gasteiger partial charge < -0.3 is 14.8 Å². The Hall–Kier alpha value is -1.01. The summed E-state index contributed by atoms with van der Waals surface area (Å²) in [5.41, 5.74) is 0.793. The van der Waals surface area contributed by atoms with E-state index < -0.39 is 6.04 Å². The zero-order valence-electron chi connectivity index (χ0n) is 11.2. The van der Waals surface area contributed by atoms with Gasteiger partial charge in [-0.25, -0.2) is 0 Å². The van der Waals surface area contributed by atoms with Gasteiger partial charge in [0.25, 0.3) is 0 Å². The number of nitrogens with one attached hydrogen (secondary N) is 2. The highest BCUT2D eigenvalue weighted by atomic mass is 35.5. The highest BCUT2D eigenvalue weighted by Crippen LogP contribution is 2.23. The van der Waals surface area contributed by atoms with Crippen LogP contribution in [0.25, 0.3) is 0 Å². The monoisotopic (exact) mass is 318 g/mol. The smallest absolute Gasteiger partial charge is 0.325 e. The van der Waals surface area contributed by atoms with Crippen molar-refractivity contribution in [3.63, 3.8) is 0 Å². The highest BCUT2D eigenvalue weighted by molar-refractivity contribution is 6.35. The van der Waals surface area contributed by atoms with Crippen LogP contribution in [0.2, 0.25) is 10.0 Å². The van der Waals surface area contributed by atoms with Crippen LogP contribution in [0, 0.1) is 0 Å². The molecule has 0 bridgehead atoms. The molecule has 0 spiro atoms. The fraction of sp³-hybridized carbons (Fsp3) is 0.462. The number of esters is 1. The molecule has 1 aliphatic heterocycles. The van der Waals surface area contributed by atoms with Gasteiger partial charge in [-0.2, -0.15) is 0 Å². The first-order valence-corrected chi connectivity index (χ1v) is 6.93. The standard InChI is InChI=1S/C13H16Cl2N2O3/c1-7(12-17-11(6-20-12)13(18)19-2)16-10-4-8(14)3-9(15)5-10/h3-5,7,11-12,16-17H,6H2,1-2H3/t7-,11?,12?/m0/s1. The Bertz CT molecular complexity index is 478. The number of anilines is 1. The number of hydrogen-bond acceptors (Lipinski definition) is 5. The van der Waals surface area contributed by atoms with E-state index in [9.17, 15) is 4.79 Å².